The molecule has 2 nitrogen and oxygen atoms in total. The molecule has 0 atom stereocenters. The van der Waals surface area contributed by atoms with Gasteiger partial charge in [-0.3, -0.25) is 0 Å². The summed E-state index contributed by atoms with van der Waals surface area (Å²) in [4.78, 5) is 4.86. The van der Waals surface area contributed by atoms with Crippen LogP contribution in [0.5, 0.6) is 0 Å². The number of halogens is 1. The fraction of sp³-hybridized carbons (Fsp3) is 0.0769. The molecule has 0 N–H and O–H groups in total. The Morgan fingerprint density at radius 3 is 2.27 bits per heavy atom. The van der Waals surface area contributed by atoms with E-state index >= 15 is 0 Å². The average molecular weight is 427 g/mol. The molecule has 0 aliphatic heterocycles. The lowest BCUT2D eigenvalue weighted by atomic mass is 9.99. The van der Waals surface area contributed by atoms with E-state index in [1.165, 1.54) is 11.1 Å². The van der Waals surface area contributed by atoms with E-state index in [9.17, 15) is 5.26 Å². The first kappa shape index (κ1) is 20.2. The Bertz CT molecular complexity index is 1190. The third-order valence-electron chi connectivity index (χ3n) is 4.82. The molecular formula is C26H19ClN2S. The molecule has 0 radical (unpaired) electrons. The molecule has 0 spiro atoms. The minimum atomic E-state index is 0.592. The summed E-state index contributed by atoms with van der Waals surface area (Å²) in [6, 6.07) is 30.5. The molecule has 4 heteroatoms. The van der Waals surface area contributed by atoms with Crippen molar-refractivity contribution < 1.29 is 0 Å². The number of hydrogen-bond acceptors (Lipinski definition) is 3. The number of nitrogens with zero attached hydrogens (tertiary/aromatic N) is 2. The van der Waals surface area contributed by atoms with Crippen molar-refractivity contribution >= 4 is 23.4 Å². The number of benzene rings is 3. The highest BCUT2D eigenvalue weighted by atomic mass is 35.5. The van der Waals surface area contributed by atoms with Crippen molar-refractivity contribution in [1.29, 1.82) is 5.26 Å². The number of aromatic nitrogens is 1. The van der Waals surface area contributed by atoms with E-state index in [2.05, 4.69) is 37.3 Å². The van der Waals surface area contributed by atoms with Crippen LogP contribution in [0.2, 0.25) is 5.02 Å². The highest BCUT2D eigenvalue weighted by Crippen LogP contribution is 2.35. The zero-order valence-electron chi connectivity index (χ0n) is 16.5. The second-order valence-corrected chi connectivity index (χ2v) is 8.39. The van der Waals surface area contributed by atoms with Gasteiger partial charge in [-0.05, 0) is 36.2 Å². The Balaban J connectivity index is 1.80. The van der Waals surface area contributed by atoms with E-state index in [-0.39, 0.29) is 0 Å². The number of hydrogen-bond donors (Lipinski definition) is 0. The summed E-state index contributed by atoms with van der Waals surface area (Å²) in [6.07, 6.45) is 0. The summed E-state index contributed by atoms with van der Waals surface area (Å²) in [7, 11) is 0. The number of nitriles is 1. The van der Waals surface area contributed by atoms with E-state index in [0.29, 0.717) is 10.6 Å². The number of aryl methyl sites for hydroxylation is 1. The van der Waals surface area contributed by atoms with Crippen molar-refractivity contribution in [2.75, 3.05) is 0 Å². The van der Waals surface area contributed by atoms with E-state index in [1.54, 1.807) is 11.8 Å². The first-order valence-corrected chi connectivity index (χ1v) is 11.0. The van der Waals surface area contributed by atoms with Crippen molar-refractivity contribution in [3.05, 3.63) is 107 Å². The van der Waals surface area contributed by atoms with Crippen LogP contribution in [0.15, 0.2) is 90.0 Å². The fourth-order valence-corrected chi connectivity index (χ4v) is 4.27. The molecule has 1 heterocycles. The van der Waals surface area contributed by atoms with Crippen molar-refractivity contribution in [2.45, 2.75) is 17.7 Å². The summed E-state index contributed by atoms with van der Waals surface area (Å²) in [5, 5.41) is 11.4. The van der Waals surface area contributed by atoms with Crippen LogP contribution in [0.1, 0.15) is 16.7 Å². The van der Waals surface area contributed by atoms with Gasteiger partial charge in [-0.1, -0.05) is 83.9 Å². The fourth-order valence-electron chi connectivity index (χ4n) is 3.18. The highest BCUT2D eigenvalue weighted by molar-refractivity contribution is 7.98. The summed E-state index contributed by atoms with van der Waals surface area (Å²) in [6.45, 7) is 2.08. The van der Waals surface area contributed by atoms with Gasteiger partial charge in [0, 0.05) is 21.9 Å². The molecular weight excluding hydrogens is 408 g/mol. The van der Waals surface area contributed by atoms with Crippen LogP contribution in [0.25, 0.3) is 22.4 Å². The molecule has 0 fully saturated rings. The maximum atomic E-state index is 9.98. The first-order chi connectivity index (χ1) is 14.6. The number of rotatable bonds is 5. The van der Waals surface area contributed by atoms with Gasteiger partial charge >= 0.3 is 0 Å². The monoisotopic (exact) mass is 426 g/mol. The number of pyridine rings is 1. The molecule has 0 saturated carbocycles. The van der Waals surface area contributed by atoms with Crippen LogP contribution in [0.3, 0.4) is 0 Å². The van der Waals surface area contributed by atoms with E-state index in [4.69, 9.17) is 16.6 Å². The molecule has 30 heavy (non-hydrogen) atoms. The predicted molar refractivity (Wildman–Crippen MR) is 126 cm³/mol. The van der Waals surface area contributed by atoms with Crippen molar-refractivity contribution in [1.82, 2.24) is 4.98 Å². The molecule has 3 aromatic carbocycles. The number of thioether (sulfide) groups is 1. The second-order valence-electron chi connectivity index (χ2n) is 6.99. The van der Waals surface area contributed by atoms with E-state index in [0.717, 1.165) is 33.2 Å². The summed E-state index contributed by atoms with van der Waals surface area (Å²) in [5.41, 5.74) is 6.72. The maximum absolute atomic E-state index is 9.98. The maximum Gasteiger partial charge on any atom is 0.115 e. The van der Waals surface area contributed by atoms with E-state index in [1.807, 2.05) is 60.7 Å². The summed E-state index contributed by atoms with van der Waals surface area (Å²) >= 11 is 7.67. The topological polar surface area (TPSA) is 36.7 Å². The standard InChI is InChI=1S/C26H19ClN2S/c1-18-7-9-19(10-8-18)17-30-26-24(16-28)23(20-11-13-22(27)14-12-20)15-25(29-26)21-5-3-2-4-6-21/h2-15H,17H2,1H3. The van der Waals surface area contributed by atoms with Crippen LogP contribution < -0.4 is 0 Å². The zero-order valence-corrected chi connectivity index (χ0v) is 18.0. The molecule has 4 aromatic rings. The van der Waals surface area contributed by atoms with Crippen molar-refractivity contribution in [3.8, 4) is 28.5 Å². The smallest absolute Gasteiger partial charge is 0.115 e. The molecule has 1 aromatic heterocycles. The molecule has 0 bridgehead atoms. The third kappa shape index (κ3) is 4.57. The average Bonchev–Trinajstić information content (AvgIpc) is 2.79. The van der Waals surface area contributed by atoms with Gasteiger partial charge in [0.25, 0.3) is 0 Å². The first-order valence-electron chi connectivity index (χ1n) is 9.59. The quantitative estimate of drug-likeness (QED) is 0.309. The molecule has 0 aliphatic rings. The van der Waals surface area contributed by atoms with Gasteiger partial charge in [0.2, 0.25) is 0 Å². The van der Waals surface area contributed by atoms with Gasteiger partial charge < -0.3 is 0 Å². The molecule has 0 unspecified atom stereocenters. The summed E-state index contributed by atoms with van der Waals surface area (Å²) < 4.78 is 0. The molecule has 146 valence electrons. The van der Waals surface area contributed by atoms with Gasteiger partial charge in [0.15, 0.2) is 0 Å². The normalized spacial score (nSPS) is 10.6. The molecule has 0 aliphatic carbocycles. The summed E-state index contributed by atoms with van der Waals surface area (Å²) in [5.74, 6) is 0.750. The Morgan fingerprint density at radius 2 is 1.60 bits per heavy atom. The van der Waals surface area contributed by atoms with Gasteiger partial charge in [0.1, 0.15) is 11.1 Å². The lowest BCUT2D eigenvalue weighted by Crippen LogP contribution is -1.96. The van der Waals surface area contributed by atoms with Gasteiger partial charge in [-0.15, -0.1) is 11.8 Å². The Hall–Kier alpha value is -3.06. The Kier molecular flexibility index (Phi) is 6.18. The SMILES string of the molecule is Cc1ccc(CSc2nc(-c3ccccc3)cc(-c3ccc(Cl)cc3)c2C#N)cc1. The van der Waals surface area contributed by atoms with Crippen LogP contribution in [0, 0.1) is 18.3 Å². The predicted octanol–water partition coefficient (Wildman–Crippen LogP) is 7.54. The largest absolute Gasteiger partial charge is 0.240 e. The molecule has 0 amide bonds. The Morgan fingerprint density at radius 1 is 0.900 bits per heavy atom. The lowest BCUT2D eigenvalue weighted by Gasteiger charge is -2.13. The van der Waals surface area contributed by atoms with Crippen LogP contribution in [-0.4, -0.2) is 4.98 Å². The van der Waals surface area contributed by atoms with Crippen molar-refractivity contribution in [3.63, 3.8) is 0 Å². The van der Waals surface area contributed by atoms with Crippen LogP contribution >= 0.6 is 23.4 Å². The minimum absolute atomic E-state index is 0.592. The minimum Gasteiger partial charge on any atom is -0.240 e. The molecule has 4 rings (SSSR count). The Labute approximate surface area is 186 Å². The molecule has 0 saturated heterocycles. The zero-order chi connectivity index (χ0) is 20.9. The van der Waals surface area contributed by atoms with Gasteiger partial charge in [0.05, 0.1) is 11.3 Å². The van der Waals surface area contributed by atoms with Crippen molar-refractivity contribution in [2.24, 2.45) is 0 Å². The van der Waals surface area contributed by atoms with E-state index < -0.39 is 0 Å². The lowest BCUT2D eigenvalue weighted by molar-refractivity contribution is 1.12. The van der Waals surface area contributed by atoms with Crippen LogP contribution in [0.4, 0.5) is 0 Å². The third-order valence-corrected chi connectivity index (χ3v) is 6.12. The van der Waals surface area contributed by atoms with Gasteiger partial charge in [-0.25, -0.2) is 4.98 Å². The van der Waals surface area contributed by atoms with Crippen LogP contribution in [-0.2, 0) is 5.75 Å². The van der Waals surface area contributed by atoms with Gasteiger partial charge in [-0.2, -0.15) is 5.26 Å². The second kappa shape index (κ2) is 9.17. The highest BCUT2D eigenvalue weighted by Gasteiger charge is 2.16.